The molecule has 33 heavy (non-hydrogen) atoms. The van der Waals surface area contributed by atoms with Gasteiger partial charge in [-0.25, -0.2) is 4.98 Å². The maximum atomic E-state index is 5.80. The largest absolute Gasteiger partial charge is 0.405 e. The number of imidazole rings is 1. The molecule has 0 bridgehead atoms. The van der Waals surface area contributed by atoms with Crippen LogP contribution in [-0.2, 0) is 6.42 Å². The van der Waals surface area contributed by atoms with Gasteiger partial charge in [-0.3, -0.25) is 4.98 Å². The first-order valence-electron chi connectivity index (χ1n) is 11.4. The second kappa shape index (κ2) is 10.7. The average Bonchev–Trinajstić information content (AvgIpc) is 3.71. The third kappa shape index (κ3) is 6.72. The van der Waals surface area contributed by atoms with Gasteiger partial charge in [0.15, 0.2) is 0 Å². The number of hydrogen-bond donors (Lipinski definition) is 1. The summed E-state index contributed by atoms with van der Waals surface area (Å²) in [6, 6.07) is 16.6. The van der Waals surface area contributed by atoms with Crippen LogP contribution >= 0.6 is 11.6 Å². The molecule has 1 unspecified atom stereocenters. The lowest BCUT2D eigenvalue weighted by Crippen LogP contribution is -1.92. The Labute approximate surface area is 201 Å². The summed E-state index contributed by atoms with van der Waals surface area (Å²) in [4.78, 5) is 9.09. The fourth-order valence-electron chi connectivity index (χ4n) is 3.76. The molecule has 0 spiro atoms. The molecule has 167 valence electrons. The molecule has 6 heteroatoms. The van der Waals surface area contributed by atoms with Crippen molar-refractivity contribution in [2.24, 2.45) is 5.73 Å². The highest BCUT2D eigenvalue weighted by molar-refractivity contribution is 6.51. The van der Waals surface area contributed by atoms with Crippen molar-refractivity contribution in [2.75, 3.05) is 0 Å². The molecule has 1 saturated heterocycles. The van der Waals surface area contributed by atoms with E-state index in [2.05, 4.69) is 77.5 Å². The molecule has 1 aromatic carbocycles. The second-order valence-electron chi connectivity index (χ2n) is 8.60. The first kappa shape index (κ1) is 23.1. The third-order valence-corrected chi connectivity index (χ3v) is 5.89. The normalized spacial score (nSPS) is 16.0. The summed E-state index contributed by atoms with van der Waals surface area (Å²) >= 11 is 5.80. The molecule has 4 aromatic rings. The van der Waals surface area contributed by atoms with Gasteiger partial charge in [-0.15, -0.1) is 0 Å². The second-order valence-corrected chi connectivity index (χ2v) is 9.04. The zero-order valence-electron chi connectivity index (χ0n) is 19.0. The van der Waals surface area contributed by atoms with Crippen molar-refractivity contribution < 1.29 is 0 Å². The number of rotatable bonds is 4. The van der Waals surface area contributed by atoms with Crippen molar-refractivity contribution in [3.63, 3.8) is 0 Å². The minimum Gasteiger partial charge on any atom is -0.405 e. The zero-order chi connectivity index (χ0) is 23.2. The van der Waals surface area contributed by atoms with Crippen LogP contribution in [0.4, 0.5) is 0 Å². The topological polar surface area (TPSA) is 56.2 Å². The number of pyridine rings is 2. The molecular formula is C27H29BClN4. The van der Waals surface area contributed by atoms with Gasteiger partial charge < -0.3 is 10.1 Å². The molecule has 1 saturated carbocycles. The van der Waals surface area contributed by atoms with E-state index < -0.39 is 0 Å². The van der Waals surface area contributed by atoms with Crippen LogP contribution in [0.3, 0.4) is 0 Å². The van der Waals surface area contributed by atoms with Gasteiger partial charge in [-0.2, -0.15) is 0 Å². The van der Waals surface area contributed by atoms with Gasteiger partial charge in [-0.05, 0) is 73.3 Å². The Bertz CT molecular complexity index is 1230. The number of benzene rings is 1. The van der Waals surface area contributed by atoms with Crippen molar-refractivity contribution in [1.29, 1.82) is 0 Å². The van der Waals surface area contributed by atoms with E-state index >= 15 is 0 Å². The first-order chi connectivity index (χ1) is 16.1. The summed E-state index contributed by atoms with van der Waals surface area (Å²) in [5.41, 5.74) is 11.8. The minimum absolute atomic E-state index is 0.693. The van der Waals surface area contributed by atoms with E-state index in [9.17, 15) is 0 Å². The Morgan fingerprint density at radius 1 is 1.12 bits per heavy atom. The highest BCUT2D eigenvalue weighted by atomic mass is 35.5. The Hall–Kier alpha value is -3.05. The van der Waals surface area contributed by atoms with Gasteiger partial charge in [0, 0.05) is 35.7 Å². The summed E-state index contributed by atoms with van der Waals surface area (Å²) in [5, 5.41) is 0.845. The summed E-state index contributed by atoms with van der Waals surface area (Å²) in [6.45, 7) is 5.23. The van der Waals surface area contributed by atoms with Crippen LogP contribution in [0.25, 0.3) is 5.65 Å². The lowest BCUT2D eigenvalue weighted by molar-refractivity contribution is 1.02. The number of halogens is 1. The lowest BCUT2D eigenvalue weighted by atomic mass is 9.96. The number of aryl methyl sites for hydroxylation is 1. The molecule has 0 amide bonds. The van der Waals surface area contributed by atoms with E-state index in [1.165, 1.54) is 42.1 Å². The maximum absolute atomic E-state index is 5.80. The monoisotopic (exact) mass is 455 g/mol. The number of hydrogen-bond acceptors (Lipinski definition) is 3. The molecule has 2 fully saturated rings. The van der Waals surface area contributed by atoms with E-state index in [0.717, 1.165) is 34.4 Å². The van der Waals surface area contributed by atoms with Gasteiger partial charge in [-0.1, -0.05) is 54.1 Å². The van der Waals surface area contributed by atoms with Crippen molar-refractivity contribution >= 4 is 24.5 Å². The summed E-state index contributed by atoms with van der Waals surface area (Å²) in [5.74, 6) is 1.47. The molecule has 1 aliphatic heterocycles. The molecule has 1 atom stereocenters. The van der Waals surface area contributed by atoms with Crippen LogP contribution in [0.5, 0.6) is 0 Å². The van der Waals surface area contributed by atoms with Gasteiger partial charge in [0.05, 0.1) is 5.69 Å². The van der Waals surface area contributed by atoms with E-state index in [0.29, 0.717) is 5.82 Å². The number of nitrogens with two attached hydrogens (primary N) is 1. The molecule has 2 aliphatic rings. The predicted molar refractivity (Wildman–Crippen MR) is 138 cm³/mol. The van der Waals surface area contributed by atoms with Crippen molar-refractivity contribution in [3.8, 4) is 0 Å². The maximum Gasteiger partial charge on any atom is 0.137 e. The average molecular weight is 456 g/mol. The summed E-state index contributed by atoms with van der Waals surface area (Å²) in [7, 11) is 2.28. The van der Waals surface area contributed by atoms with Crippen LogP contribution in [0.2, 0.25) is 11.3 Å². The highest BCUT2D eigenvalue weighted by Crippen LogP contribution is 2.39. The molecule has 4 heterocycles. The third-order valence-electron chi connectivity index (χ3n) is 5.66. The fraction of sp³-hybridized carbons (Fsp3) is 0.259. The first-order valence-corrected chi connectivity index (χ1v) is 11.7. The number of aromatic nitrogens is 3. The van der Waals surface area contributed by atoms with Crippen LogP contribution in [-0.4, -0.2) is 21.6 Å². The van der Waals surface area contributed by atoms with Crippen LogP contribution < -0.4 is 5.73 Å². The molecule has 6 rings (SSSR count). The van der Waals surface area contributed by atoms with E-state index in [1.807, 2.05) is 30.5 Å². The Morgan fingerprint density at radius 3 is 2.58 bits per heavy atom. The molecule has 2 N–H and O–H groups in total. The van der Waals surface area contributed by atoms with Crippen LogP contribution in [0.15, 0.2) is 79.9 Å². The minimum atomic E-state index is 0.693. The van der Waals surface area contributed by atoms with Crippen molar-refractivity contribution in [2.45, 2.75) is 44.2 Å². The standard InChI is InChI=1S/C17H17N3.C8H7BCl.C2H5N/c1-12-6-7-18-15(8-12)9-16-11-20-10-14(13-2-3-13)4-5-17(20)19-16;10-7-3-1-2-6(4-7)8-5-9-8;1-2-3/h4-8,10-11,13H,2-3,9H2,1H3;1-4,8H,5H2;2H,1,3H2. The van der Waals surface area contributed by atoms with Crippen LogP contribution in [0, 0.1) is 6.92 Å². The Morgan fingerprint density at radius 2 is 1.91 bits per heavy atom. The van der Waals surface area contributed by atoms with Crippen LogP contribution in [0.1, 0.15) is 52.7 Å². The SMILES string of the molecule is C=CN.Cc1ccnc(Cc2cn3cc(C4CC4)ccc3n2)c1.Clc1cccc(C2[B]C2)c1. The van der Waals surface area contributed by atoms with E-state index in [1.54, 1.807) is 0 Å². The summed E-state index contributed by atoms with van der Waals surface area (Å²) in [6.07, 6.45) is 12.2. The molecule has 1 aliphatic carbocycles. The van der Waals surface area contributed by atoms with Crippen molar-refractivity contribution in [3.05, 3.63) is 113 Å². The molecule has 1 radical (unpaired) electrons. The smallest absolute Gasteiger partial charge is 0.137 e. The lowest BCUT2D eigenvalue weighted by Gasteiger charge is -1.98. The van der Waals surface area contributed by atoms with Gasteiger partial charge in [0.1, 0.15) is 12.9 Å². The molecule has 3 aromatic heterocycles. The summed E-state index contributed by atoms with van der Waals surface area (Å²) < 4.78 is 2.15. The van der Waals surface area contributed by atoms with Gasteiger partial charge in [0.2, 0.25) is 0 Å². The zero-order valence-corrected chi connectivity index (χ0v) is 19.7. The highest BCUT2D eigenvalue weighted by Gasteiger charge is 2.25. The van der Waals surface area contributed by atoms with Gasteiger partial charge >= 0.3 is 0 Å². The van der Waals surface area contributed by atoms with E-state index in [4.69, 9.17) is 11.6 Å². The van der Waals surface area contributed by atoms with Gasteiger partial charge in [0.25, 0.3) is 0 Å². The fourth-order valence-corrected chi connectivity index (χ4v) is 3.96. The Kier molecular flexibility index (Phi) is 7.51. The molecular weight excluding hydrogens is 427 g/mol. The van der Waals surface area contributed by atoms with Crippen molar-refractivity contribution in [1.82, 2.24) is 14.4 Å². The Balaban J connectivity index is 0.000000167. The number of fused-ring (bicyclic) bond motifs is 1. The molecule has 4 nitrogen and oxygen atoms in total. The van der Waals surface area contributed by atoms with E-state index in [-0.39, 0.29) is 0 Å². The number of nitrogens with zero attached hydrogens (tertiary/aromatic N) is 3. The quantitative estimate of drug-likeness (QED) is 0.378. The predicted octanol–water partition coefficient (Wildman–Crippen LogP) is 6.11.